The Morgan fingerprint density at radius 1 is 0.709 bits per heavy atom. The zero-order chi connectivity index (χ0) is 38.2. The van der Waals surface area contributed by atoms with Gasteiger partial charge in [0, 0.05) is 46.8 Å². The number of hydrogen-bond donors (Lipinski definition) is 2. The standard InChI is InChI=1S/C47H50IN3O4/c1-54-45-33-41(25-22-39(45)34-51(30-26-35-12-3-2-4-13-35)47(53)36-20-23-40(48)24-21-36)55-31-10-19-46(52)50-29-11-28-49-27-9-18-44-42-16-7-5-14-37(42)32-38-15-6-8-17-43(38)44/h2-8,12-17,20-25,32-33,49H,9-11,18-19,26-31,34H2,1H3,(H,50,52). The van der Waals surface area contributed by atoms with Gasteiger partial charge in [0.05, 0.1) is 13.7 Å². The molecule has 0 atom stereocenters. The Hall–Kier alpha value is -4.93. The number of halogens is 1. The van der Waals surface area contributed by atoms with Crippen LogP contribution >= 0.6 is 22.6 Å². The van der Waals surface area contributed by atoms with Crippen molar-refractivity contribution >= 4 is 56.0 Å². The number of hydrogen-bond acceptors (Lipinski definition) is 5. The van der Waals surface area contributed by atoms with E-state index in [0.29, 0.717) is 56.1 Å². The molecule has 8 heteroatoms. The SMILES string of the molecule is COc1cc(OCCCC(=O)NCCCNCCCc2c3ccccc3cc3ccccc23)ccc1CN(CCc1ccccc1)C(=O)c1ccc(I)cc1. The molecule has 0 aromatic heterocycles. The van der Waals surface area contributed by atoms with Gasteiger partial charge >= 0.3 is 0 Å². The van der Waals surface area contributed by atoms with Gasteiger partial charge in [-0.25, -0.2) is 0 Å². The maximum Gasteiger partial charge on any atom is 0.254 e. The van der Waals surface area contributed by atoms with Crippen LogP contribution in [0.3, 0.4) is 0 Å². The largest absolute Gasteiger partial charge is 0.496 e. The first-order valence-corrected chi connectivity index (χ1v) is 20.3. The number of carbonyl (C=O) groups is 2. The number of fused-ring (bicyclic) bond motifs is 2. The number of ether oxygens (including phenoxy) is 2. The molecule has 0 heterocycles. The summed E-state index contributed by atoms with van der Waals surface area (Å²) < 4.78 is 12.8. The Bertz CT molecular complexity index is 2100. The topological polar surface area (TPSA) is 79.9 Å². The lowest BCUT2D eigenvalue weighted by atomic mass is 9.94. The zero-order valence-electron chi connectivity index (χ0n) is 31.6. The zero-order valence-corrected chi connectivity index (χ0v) is 33.7. The van der Waals surface area contributed by atoms with Crippen LogP contribution in [0.5, 0.6) is 11.5 Å². The molecule has 0 aliphatic rings. The average Bonchev–Trinajstić information content (AvgIpc) is 3.22. The van der Waals surface area contributed by atoms with Crippen LogP contribution in [0.2, 0.25) is 0 Å². The molecule has 0 saturated carbocycles. The molecular formula is C47H50IN3O4. The second kappa shape index (κ2) is 20.7. The Labute approximate surface area is 338 Å². The second-order valence-corrected chi connectivity index (χ2v) is 15.0. The molecule has 284 valence electrons. The highest BCUT2D eigenvalue weighted by Crippen LogP contribution is 2.30. The summed E-state index contributed by atoms with van der Waals surface area (Å²) in [4.78, 5) is 28.0. The minimum atomic E-state index is -0.0223. The quantitative estimate of drug-likeness (QED) is 0.0455. The summed E-state index contributed by atoms with van der Waals surface area (Å²) in [7, 11) is 1.63. The van der Waals surface area contributed by atoms with Gasteiger partial charge in [-0.15, -0.1) is 0 Å². The molecule has 2 N–H and O–H groups in total. The molecule has 0 aliphatic carbocycles. The number of methoxy groups -OCH3 is 1. The van der Waals surface area contributed by atoms with Crippen molar-refractivity contribution in [1.82, 2.24) is 15.5 Å². The first kappa shape index (κ1) is 39.8. The number of amides is 2. The minimum Gasteiger partial charge on any atom is -0.496 e. The van der Waals surface area contributed by atoms with Gasteiger partial charge in [-0.1, -0.05) is 78.9 Å². The lowest BCUT2D eigenvalue weighted by molar-refractivity contribution is -0.121. The van der Waals surface area contributed by atoms with Crippen molar-refractivity contribution < 1.29 is 19.1 Å². The molecule has 0 spiro atoms. The Morgan fingerprint density at radius 3 is 2.13 bits per heavy atom. The van der Waals surface area contributed by atoms with Crippen molar-refractivity contribution in [2.75, 3.05) is 39.9 Å². The maximum atomic E-state index is 13.6. The monoisotopic (exact) mass is 847 g/mol. The Morgan fingerprint density at radius 2 is 1.40 bits per heavy atom. The third-order valence-corrected chi connectivity index (χ3v) is 10.6. The summed E-state index contributed by atoms with van der Waals surface area (Å²) in [6.07, 6.45) is 4.71. The van der Waals surface area contributed by atoms with Crippen molar-refractivity contribution in [2.45, 2.75) is 45.1 Å². The summed E-state index contributed by atoms with van der Waals surface area (Å²) >= 11 is 2.25. The third kappa shape index (κ3) is 11.5. The third-order valence-electron chi connectivity index (χ3n) is 9.84. The van der Waals surface area contributed by atoms with Crippen LogP contribution in [0, 0.1) is 3.57 Å². The van der Waals surface area contributed by atoms with Crippen molar-refractivity contribution in [3.05, 3.63) is 153 Å². The second-order valence-electron chi connectivity index (χ2n) is 13.7. The molecule has 6 aromatic carbocycles. The normalized spacial score (nSPS) is 11.1. The van der Waals surface area contributed by atoms with Gasteiger partial charge in [-0.05, 0) is 143 Å². The van der Waals surface area contributed by atoms with Crippen molar-refractivity contribution in [3.63, 3.8) is 0 Å². The fraction of sp³-hybridized carbons (Fsp3) is 0.277. The van der Waals surface area contributed by atoms with Gasteiger partial charge in [0.2, 0.25) is 5.91 Å². The lowest BCUT2D eigenvalue weighted by Crippen LogP contribution is -2.32. The molecule has 6 rings (SSSR count). The van der Waals surface area contributed by atoms with E-state index < -0.39 is 0 Å². The van der Waals surface area contributed by atoms with Crippen LogP contribution in [0.25, 0.3) is 21.5 Å². The molecule has 55 heavy (non-hydrogen) atoms. The van der Waals surface area contributed by atoms with Crippen LogP contribution in [0.4, 0.5) is 0 Å². The highest BCUT2D eigenvalue weighted by Gasteiger charge is 2.19. The number of rotatable bonds is 20. The number of carbonyl (C=O) groups excluding carboxylic acids is 2. The molecule has 0 bridgehead atoms. The van der Waals surface area contributed by atoms with Crippen LogP contribution in [0.15, 0.2) is 127 Å². The van der Waals surface area contributed by atoms with E-state index in [1.807, 2.05) is 65.6 Å². The number of aryl methyl sites for hydroxylation is 1. The van der Waals surface area contributed by atoms with Crippen LogP contribution < -0.4 is 20.1 Å². The summed E-state index contributed by atoms with van der Waals surface area (Å²) in [5, 5.41) is 11.9. The van der Waals surface area contributed by atoms with Crippen molar-refractivity contribution in [2.24, 2.45) is 0 Å². The molecule has 0 unspecified atom stereocenters. The number of nitrogens with zero attached hydrogens (tertiary/aromatic N) is 1. The van der Waals surface area contributed by atoms with Gasteiger partial charge < -0.3 is 25.0 Å². The molecule has 7 nitrogen and oxygen atoms in total. The van der Waals surface area contributed by atoms with Crippen molar-refractivity contribution in [1.29, 1.82) is 0 Å². The molecule has 0 radical (unpaired) electrons. The fourth-order valence-corrected chi connectivity index (χ4v) is 7.29. The van der Waals surface area contributed by atoms with Gasteiger partial charge in [-0.2, -0.15) is 0 Å². The van der Waals surface area contributed by atoms with E-state index in [-0.39, 0.29) is 11.8 Å². The number of nitrogens with one attached hydrogen (secondary N) is 2. The minimum absolute atomic E-state index is 0.0223. The van der Waals surface area contributed by atoms with Crippen LogP contribution in [0.1, 0.15) is 52.7 Å². The van der Waals surface area contributed by atoms with Gasteiger partial charge in [-0.3, -0.25) is 9.59 Å². The highest BCUT2D eigenvalue weighted by molar-refractivity contribution is 14.1. The van der Waals surface area contributed by atoms with E-state index >= 15 is 0 Å². The first-order chi connectivity index (χ1) is 27.0. The maximum absolute atomic E-state index is 13.6. The smallest absolute Gasteiger partial charge is 0.254 e. The Balaban J connectivity index is 0.892. The first-order valence-electron chi connectivity index (χ1n) is 19.2. The average molecular weight is 848 g/mol. The molecule has 0 saturated heterocycles. The summed E-state index contributed by atoms with van der Waals surface area (Å²) in [6.45, 7) is 3.83. The van der Waals surface area contributed by atoms with Crippen LogP contribution in [-0.4, -0.2) is 56.6 Å². The predicted molar refractivity (Wildman–Crippen MR) is 232 cm³/mol. The molecule has 0 aliphatic heterocycles. The molecule has 2 amide bonds. The van der Waals surface area contributed by atoms with E-state index in [1.165, 1.54) is 32.7 Å². The summed E-state index contributed by atoms with van der Waals surface area (Å²) in [5.74, 6) is 1.34. The van der Waals surface area contributed by atoms with E-state index in [0.717, 1.165) is 47.9 Å². The van der Waals surface area contributed by atoms with E-state index in [9.17, 15) is 9.59 Å². The van der Waals surface area contributed by atoms with Crippen molar-refractivity contribution in [3.8, 4) is 11.5 Å². The van der Waals surface area contributed by atoms with Gasteiger partial charge in [0.1, 0.15) is 11.5 Å². The molecule has 0 fully saturated rings. The van der Waals surface area contributed by atoms with Crippen LogP contribution in [-0.2, 0) is 24.2 Å². The van der Waals surface area contributed by atoms with E-state index in [4.69, 9.17) is 9.47 Å². The van der Waals surface area contributed by atoms with E-state index in [1.54, 1.807) is 7.11 Å². The van der Waals surface area contributed by atoms with E-state index in [2.05, 4.69) is 100.0 Å². The Kier molecular flexibility index (Phi) is 14.9. The molecule has 6 aromatic rings. The molecular weight excluding hydrogens is 797 g/mol. The fourth-order valence-electron chi connectivity index (χ4n) is 6.93. The lowest BCUT2D eigenvalue weighted by Gasteiger charge is -2.24. The summed E-state index contributed by atoms with van der Waals surface area (Å²) in [5.41, 5.74) is 4.16. The predicted octanol–water partition coefficient (Wildman–Crippen LogP) is 9.38. The van der Waals surface area contributed by atoms with Gasteiger partial charge in [0.25, 0.3) is 5.91 Å². The summed E-state index contributed by atoms with van der Waals surface area (Å²) in [6, 6.07) is 43.2. The van der Waals surface area contributed by atoms with Gasteiger partial charge in [0.15, 0.2) is 0 Å². The number of benzene rings is 6. The highest BCUT2D eigenvalue weighted by atomic mass is 127.